The number of aromatic nitrogens is 2. The first-order chi connectivity index (χ1) is 17.1. The van der Waals surface area contributed by atoms with E-state index in [1.807, 2.05) is 19.9 Å². The van der Waals surface area contributed by atoms with Crippen LogP contribution in [0.25, 0.3) is 10.9 Å². The molecule has 0 saturated heterocycles. The van der Waals surface area contributed by atoms with Gasteiger partial charge in [-0.25, -0.2) is 4.98 Å². The molecule has 4 aromatic rings. The molecule has 0 unspecified atom stereocenters. The van der Waals surface area contributed by atoms with Crippen molar-refractivity contribution in [3.63, 3.8) is 0 Å². The third-order valence-electron chi connectivity index (χ3n) is 5.25. The first kappa shape index (κ1) is 25.8. The fourth-order valence-corrected chi connectivity index (χ4v) is 4.27. The number of halogens is 3. The fourth-order valence-electron chi connectivity index (χ4n) is 3.45. The van der Waals surface area contributed by atoms with Crippen LogP contribution < -0.4 is 10.3 Å². The van der Waals surface area contributed by atoms with E-state index in [-0.39, 0.29) is 29.5 Å². The Kier molecular flexibility index (Phi) is 7.73. The molecule has 184 valence electrons. The Morgan fingerprint density at radius 3 is 2.64 bits per heavy atom. The summed E-state index contributed by atoms with van der Waals surface area (Å²) < 4.78 is 7.63. The first-order valence-electron chi connectivity index (χ1n) is 10.8. The number of hydrogen-bond donors (Lipinski definition) is 0. The summed E-state index contributed by atoms with van der Waals surface area (Å²) in [6, 6.07) is 14.6. The first-order valence-corrected chi connectivity index (χ1v) is 12.3. The van der Waals surface area contributed by atoms with Gasteiger partial charge in [0.15, 0.2) is 5.75 Å². The third kappa shape index (κ3) is 5.59. The number of nitro groups is 1. The average Bonchev–Trinajstić information content (AvgIpc) is 2.83. The predicted octanol–water partition coefficient (Wildman–Crippen LogP) is 6.96. The number of nitro benzene ring substituents is 1. The van der Waals surface area contributed by atoms with E-state index in [9.17, 15) is 14.9 Å². The molecule has 0 amide bonds. The summed E-state index contributed by atoms with van der Waals surface area (Å²) in [5, 5.41) is 17.3. The highest BCUT2D eigenvalue weighted by Crippen LogP contribution is 2.30. The molecule has 0 aliphatic heterocycles. The van der Waals surface area contributed by atoms with E-state index in [4.69, 9.17) is 27.9 Å². The lowest BCUT2D eigenvalue weighted by molar-refractivity contribution is -0.385. The molecule has 0 N–H and O–H groups in total. The molecule has 0 fully saturated rings. The van der Waals surface area contributed by atoms with Crippen LogP contribution in [-0.2, 0) is 6.61 Å². The van der Waals surface area contributed by atoms with Gasteiger partial charge in [-0.05, 0) is 42.5 Å². The predicted molar refractivity (Wildman–Crippen MR) is 145 cm³/mol. The van der Waals surface area contributed by atoms with Gasteiger partial charge >= 0.3 is 5.69 Å². The van der Waals surface area contributed by atoms with Crippen molar-refractivity contribution in [3.8, 4) is 5.75 Å². The Labute approximate surface area is 224 Å². The van der Waals surface area contributed by atoms with Gasteiger partial charge in [-0.2, -0.15) is 9.78 Å². The van der Waals surface area contributed by atoms with Gasteiger partial charge < -0.3 is 4.74 Å². The van der Waals surface area contributed by atoms with E-state index in [0.29, 0.717) is 37.9 Å². The molecule has 1 heterocycles. The normalized spacial score (nSPS) is 11.5. The van der Waals surface area contributed by atoms with Gasteiger partial charge in [0.1, 0.15) is 12.4 Å². The van der Waals surface area contributed by atoms with E-state index in [0.717, 1.165) is 4.47 Å². The summed E-state index contributed by atoms with van der Waals surface area (Å²) in [7, 11) is 0. The molecular weight excluding hydrogens is 571 g/mol. The monoisotopic (exact) mass is 588 g/mol. The lowest BCUT2D eigenvalue weighted by Crippen LogP contribution is -2.23. The van der Waals surface area contributed by atoms with Gasteiger partial charge in [0.05, 0.1) is 22.0 Å². The minimum Gasteiger partial charge on any atom is -0.482 e. The molecule has 0 spiro atoms. The van der Waals surface area contributed by atoms with Crippen molar-refractivity contribution in [2.45, 2.75) is 26.4 Å². The highest BCUT2D eigenvalue weighted by molar-refractivity contribution is 9.10. The van der Waals surface area contributed by atoms with E-state index >= 15 is 0 Å². The Hall–Kier alpha value is -3.27. The molecule has 1 aromatic heterocycles. The van der Waals surface area contributed by atoms with Crippen molar-refractivity contribution in [3.05, 3.63) is 107 Å². The summed E-state index contributed by atoms with van der Waals surface area (Å²) in [6.07, 6.45) is 1.38. The van der Waals surface area contributed by atoms with Crippen LogP contribution in [0.15, 0.2) is 69.0 Å². The van der Waals surface area contributed by atoms with Gasteiger partial charge in [0, 0.05) is 37.6 Å². The minimum absolute atomic E-state index is 0.0236. The van der Waals surface area contributed by atoms with Crippen molar-refractivity contribution in [1.29, 1.82) is 0 Å². The molecule has 0 bridgehead atoms. The van der Waals surface area contributed by atoms with Crippen LogP contribution in [0.3, 0.4) is 0 Å². The van der Waals surface area contributed by atoms with Gasteiger partial charge in [0.2, 0.25) is 0 Å². The van der Waals surface area contributed by atoms with Crippen molar-refractivity contribution in [1.82, 2.24) is 9.66 Å². The van der Waals surface area contributed by atoms with Crippen LogP contribution in [0.1, 0.15) is 36.7 Å². The Balaban J connectivity index is 1.67. The SMILES string of the molecule is CC(C)c1nc2ccc(Br)cc2c(=O)n1N=Cc1ccc(OCc2ccc(Cl)cc2Cl)c([N+](=O)[O-])c1. The van der Waals surface area contributed by atoms with Crippen LogP contribution >= 0.6 is 39.1 Å². The second kappa shape index (κ2) is 10.8. The zero-order valence-electron chi connectivity index (χ0n) is 19.1. The molecule has 11 heteroatoms. The van der Waals surface area contributed by atoms with Crippen LogP contribution in [0.4, 0.5) is 5.69 Å². The number of ether oxygens (including phenoxy) is 1. The van der Waals surface area contributed by atoms with Crippen molar-refractivity contribution >= 4 is 61.9 Å². The standard InChI is InChI=1S/C25H19BrCl2N4O4/c1-14(2)24-30-21-7-5-17(26)10-19(21)25(33)31(24)29-12-15-3-8-23(22(9-15)32(34)35)36-13-16-4-6-18(27)11-20(16)28/h3-12,14H,13H2,1-2H3. The summed E-state index contributed by atoms with van der Waals surface area (Å²) >= 11 is 15.4. The van der Waals surface area contributed by atoms with E-state index < -0.39 is 4.92 Å². The zero-order chi connectivity index (χ0) is 26.0. The van der Waals surface area contributed by atoms with E-state index in [1.54, 1.807) is 36.4 Å². The zero-order valence-corrected chi connectivity index (χ0v) is 22.2. The van der Waals surface area contributed by atoms with Gasteiger partial charge in [-0.1, -0.05) is 59.0 Å². The summed E-state index contributed by atoms with van der Waals surface area (Å²) in [5.74, 6) is 0.452. The van der Waals surface area contributed by atoms with Crippen molar-refractivity contribution < 1.29 is 9.66 Å². The summed E-state index contributed by atoms with van der Waals surface area (Å²) in [6.45, 7) is 3.83. The summed E-state index contributed by atoms with van der Waals surface area (Å²) in [5.41, 5.74) is 1.03. The lowest BCUT2D eigenvalue weighted by atomic mass is 10.2. The Morgan fingerprint density at radius 1 is 1.17 bits per heavy atom. The number of hydrogen-bond acceptors (Lipinski definition) is 6. The Bertz CT molecular complexity index is 1570. The van der Waals surface area contributed by atoms with E-state index in [1.165, 1.54) is 23.0 Å². The molecule has 36 heavy (non-hydrogen) atoms. The van der Waals surface area contributed by atoms with Crippen molar-refractivity contribution in [2.24, 2.45) is 5.10 Å². The maximum atomic E-state index is 13.2. The average molecular weight is 590 g/mol. The second-order valence-electron chi connectivity index (χ2n) is 8.16. The van der Waals surface area contributed by atoms with Crippen LogP contribution in [-0.4, -0.2) is 20.8 Å². The third-order valence-corrected chi connectivity index (χ3v) is 6.33. The van der Waals surface area contributed by atoms with Crippen molar-refractivity contribution in [2.75, 3.05) is 0 Å². The molecule has 0 aliphatic rings. The fraction of sp³-hybridized carbons (Fsp3) is 0.160. The second-order valence-corrected chi connectivity index (χ2v) is 9.92. The topological polar surface area (TPSA) is 99.6 Å². The molecule has 8 nitrogen and oxygen atoms in total. The summed E-state index contributed by atoms with van der Waals surface area (Å²) in [4.78, 5) is 28.9. The van der Waals surface area contributed by atoms with Crippen LogP contribution in [0.5, 0.6) is 5.75 Å². The molecule has 0 radical (unpaired) electrons. The molecular formula is C25H19BrCl2N4O4. The molecule has 3 aromatic carbocycles. The van der Waals surface area contributed by atoms with E-state index in [2.05, 4.69) is 26.0 Å². The van der Waals surface area contributed by atoms with Gasteiger partial charge in [-0.15, -0.1) is 0 Å². The molecule has 4 rings (SSSR count). The Morgan fingerprint density at radius 2 is 1.94 bits per heavy atom. The minimum atomic E-state index is -0.545. The van der Waals surface area contributed by atoms with Gasteiger partial charge in [-0.3, -0.25) is 14.9 Å². The smallest absolute Gasteiger partial charge is 0.311 e. The molecule has 0 aliphatic carbocycles. The quantitative estimate of drug-likeness (QED) is 0.132. The number of nitrogens with zero attached hydrogens (tertiary/aromatic N) is 4. The highest BCUT2D eigenvalue weighted by atomic mass is 79.9. The lowest BCUT2D eigenvalue weighted by Gasteiger charge is -2.12. The van der Waals surface area contributed by atoms with Crippen LogP contribution in [0.2, 0.25) is 10.0 Å². The maximum Gasteiger partial charge on any atom is 0.311 e. The van der Waals surface area contributed by atoms with Crippen LogP contribution in [0, 0.1) is 10.1 Å². The number of rotatable bonds is 7. The maximum absolute atomic E-state index is 13.2. The molecule has 0 atom stereocenters. The highest BCUT2D eigenvalue weighted by Gasteiger charge is 2.17. The largest absolute Gasteiger partial charge is 0.482 e. The van der Waals surface area contributed by atoms with Gasteiger partial charge in [0.25, 0.3) is 5.56 Å². The number of fused-ring (bicyclic) bond motifs is 1. The number of benzene rings is 3. The molecule has 0 saturated carbocycles.